The van der Waals surface area contributed by atoms with Gasteiger partial charge in [-0.2, -0.15) is 0 Å². The molecule has 4 aliphatic carbocycles. The van der Waals surface area contributed by atoms with Crippen LogP contribution in [0.3, 0.4) is 0 Å². The maximum absolute atomic E-state index is 12.1. The van der Waals surface area contributed by atoms with Gasteiger partial charge in [0.1, 0.15) is 6.61 Å². The summed E-state index contributed by atoms with van der Waals surface area (Å²) >= 11 is 0. The monoisotopic (exact) mass is 390 g/mol. The maximum Gasteiger partial charge on any atom is 0.331 e. The molecule has 0 radical (unpaired) electrons. The SMILES string of the molecule is C[C@]12CC[C@@H](O)C[C@H]1CC[C@@H]1[C@@H]2C[C@@H](O)[C@]2(C)[C@@H](C3=CC(=O)OC3)CC[C@@]12O. The molecule has 0 bridgehead atoms. The van der Waals surface area contributed by atoms with Crippen LogP contribution in [-0.4, -0.2) is 45.7 Å². The van der Waals surface area contributed by atoms with Crippen molar-refractivity contribution in [2.75, 3.05) is 6.61 Å². The van der Waals surface area contributed by atoms with Gasteiger partial charge in [0.05, 0.1) is 17.8 Å². The third-order valence-corrected chi connectivity index (χ3v) is 10.0. The van der Waals surface area contributed by atoms with Crippen molar-refractivity contribution >= 4 is 5.97 Å². The number of aliphatic hydroxyl groups excluding tert-OH is 2. The van der Waals surface area contributed by atoms with Crippen LogP contribution in [0.1, 0.15) is 65.2 Å². The van der Waals surface area contributed by atoms with E-state index in [9.17, 15) is 20.1 Å². The van der Waals surface area contributed by atoms with E-state index in [2.05, 4.69) is 6.92 Å². The summed E-state index contributed by atoms with van der Waals surface area (Å²) in [6.07, 6.45) is 7.69. The molecule has 0 aromatic rings. The van der Waals surface area contributed by atoms with E-state index < -0.39 is 17.1 Å². The molecule has 9 atom stereocenters. The topological polar surface area (TPSA) is 87.0 Å². The summed E-state index contributed by atoms with van der Waals surface area (Å²) in [5.41, 5.74) is -0.507. The Morgan fingerprint density at radius 1 is 1.04 bits per heavy atom. The second-order valence-corrected chi connectivity index (χ2v) is 10.8. The van der Waals surface area contributed by atoms with Crippen molar-refractivity contribution in [1.29, 1.82) is 0 Å². The largest absolute Gasteiger partial charge is 0.458 e. The van der Waals surface area contributed by atoms with Crippen LogP contribution in [-0.2, 0) is 9.53 Å². The van der Waals surface area contributed by atoms with E-state index in [-0.39, 0.29) is 29.3 Å². The highest BCUT2D eigenvalue weighted by molar-refractivity contribution is 5.85. The van der Waals surface area contributed by atoms with E-state index in [0.29, 0.717) is 31.3 Å². The van der Waals surface area contributed by atoms with Gasteiger partial charge in [-0.05, 0) is 86.0 Å². The van der Waals surface area contributed by atoms with Gasteiger partial charge < -0.3 is 20.1 Å². The summed E-state index contributed by atoms with van der Waals surface area (Å²) < 4.78 is 5.16. The zero-order valence-electron chi connectivity index (χ0n) is 17.1. The van der Waals surface area contributed by atoms with E-state index in [1.807, 2.05) is 6.92 Å². The lowest BCUT2D eigenvalue weighted by atomic mass is 9.42. The highest BCUT2D eigenvalue weighted by Gasteiger charge is 2.70. The van der Waals surface area contributed by atoms with Crippen LogP contribution in [0.2, 0.25) is 0 Å². The predicted octanol–water partition coefficient (Wildman–Crippen LogP) is 2.58. The molecule has 1 aliphatic heterocycles. The Balaban J connectivity index is 1.51. The highest BCUT2D eigenvalue weighted by Crippen LogP contribution is 2.69. The molecular weight excluding hydrogens is 356 g/mol. The van der Waals surface area contributed by atoms with Crippen LogP contribution in [0, 0.1) is 34.5 Å². The van der Waals surface area contributed by atoms with Crippen LogP contribution < -0.4 is 0 Å². The van der Waals surface area contributed by atoms with E-state index in [0.717, 1.165) is 44.1 Å². The standard InChI is InChI=1S/C23H34O5/c1-21-7-5-15(24)10-14(21)3-4-17-18(21)11-19(25)22(2)16(6-8-23(17,22)27)13-9-20(26)28-12-13/h9,14-19,24-25,27H,3-8,10-12H2,1-2H3/t14-,15-,16-,17-,18+,19-,21+,22+,23-/m1/s1. The normalized spacial score (nSPS) is 55.8. The van der Waals surface area contributed by atoms with Crippen molar-refractivity contribution in [1.82, 2.24) is 0 Å². The number of fused-ring (bicyclic) bond motifs is 5. The Bertz CT molecular complexity index is 718. The summed E-state index contributed by atoms with van der Waals surface area (Å²) in [7, 11) is 0. The number of rotatable bonds is 1. The second kappa shape index (κ2) is 6.05. The number of ether oxygens (including phenoxy) is 1. The average Bonchev–Trinajstić information content (AvgIpc) is 3.19. The van der Waals surface area contributed by atoms with Gasteiger partial charge in [-0.1, -0.05) is 13.8 Å². The van der Waals surface area contributed by atoms with Crippen molar-refractivity contribution in [2.24, 2.45) is 34.5 Å². The number of aliphatic hydroxyl groups is 3. The van der Waals surface area contributed by atoms with Gasteiger partial charge in [-0.15, -0.1) is 0 Å². The summed E-state index contributed by atoms with van der Waals surface area (Å²) in [5, 5.41) is 33.7. The Morgan fingerprint density at radius 3 is 2.54 bits per heavy atom. The molecule has 5 aliphatic rings. The minimum atomic E-state index is -0.906. The lowest BCUT2D eigenvalue weighted by Gasteiger charge is -2.64. The molecule has 0 unspecified atom stereocenters. The van der Waals surface area contributed by atoms with Gasteiger partial charge in [-0.3, -0.25) is 0 Å². The minimum Gasteiger partial charge on any atom is -0.458 e. The van der Waals surface area contributed by atoms with Crippen molar-refractivity contribution in [3.8, 4) is 0 Å². The molecule has 5 nitrogen and oxygen atoms in total. The van der Waals surface area contributed by atoms with E-state index in [1.54, 1.807) is 6.08 Å². The first-order chi connectivity index (χ1) is 13.2. The molecule has 4 saturated carbocycles. The van der Waals surface area contributed by atoms with Gasteiger partial charge in [0.2, 0.25) is 0 Å². The molecular formula is C23H34O5. The molecule has 0 aromatic carbocycles. The van der Waals surface area contributed by atoms with E-state index in [4.69, 9.17) is 4.74 Å². The molecule has 28 heavy (non-hydrogen) atoms. The summed E-state index contributed by atoms with van der Waals surface area (Å²) in [4.78, 5) is 11.6. The maximum atomic E-state index is 12.1. The van der Waals surface area contributed by atoms with Crippen molar-refractivity contribution < 1.29 is 24.9 Å². The number of esters is 1. The number of cyclic esters (lactones) is 1. The average molecular weight is 391 g/mol. The van der Waals surface area contributed by atoms with Crippen LogP contribution in [0.15, 0.2) is 11.6 Å². The molecule has 0 aromatic heterocycles. The van der Waals surface area contributed by atoms with Crippen molar-refractivity contribution in [3.63, 3.8) is 0 Å². The smallest absolute Gasteiger partial charge is 0.331 e. The Morgan fingerprint density at radius 2 is 1.82 bits per heavy atom. The molecule has 1 heterocycles. The van der Waals surface area contributed by atoms with Gasteiger partial charge in [-0.25, -0.2) is 4.79 Å². The molecule has 0 amide bonds. The number of hydrogen-bond acceptors (Lipinski definition) is 5. The van der Waals surface area contributed by atoms with Crippen molar-refractivity contribution in [2.45, 2.75) is 83.0 Å². The fourth-order valence-corrected chi connectivity index (χ4v) is 8.37. The highest BCUT2D eigenvalue weighted by atomic mass is 16.5. The summed E-state index contributed by atoms with van der Waals surface area (Å²) in [5.74, 6) is 0.657. The van der Waals surface area contributed by atoms with Gasteiger partial charge >= 0.3 is 5.97 Å². The van der Waals surface area contributed by atoms with Gasteiger partial charge in [0, 0.05) is 11.5 Å². The predicted molar refractivity (Wildman–Crippen MR) is 103 cm³/mol. The number of carbonyl (C=O) groups is 1. The molecule has 0 saturated heterocycles. The van der Waals surface area contributed by atoms with E-state index >= 15 is 0 Å². The first kappa shape index (κ1) is 19.1. The zero-order valence-corrected chi connectivity index (χ0v) is 17.1. The first-order valence-corrected chi connectivity index (χ1v) is 11.2. The van der Waals surface area contributed by atoms with E-state index in [1.165, 1.54) is 0 Å². The van der Waals surface area contributed by atoms with Crippen molar-refractivity contribution in [3.05, 3.63) is 11.6 Å². The third kappa shape index (κ3) is 2.27. The van der Waals surface area contributed by atoms with Crippen LogP contribution >= 0.6 is 0 Å². The number of hydrogen-bond donors (Lipinski definition) is 3. The molecule has 5 heteroatoms. The minimum absolute atomic E-state index is 0.00129. The lowest BCUT2D eigenvalue weighted by molar-refractivity contribution is -0.244. The van der Waals surface area contributed by atoms with Crippen LogP contribution in [0.5, 0.6) is 0 Å². The first-order valence-electron chi connectivity index (χ1n) is 11.2. The summed E-state index contributed by atoms with van der Waals surface area (Å²) in [6.45, 7) is 4.69. The molecule has 156 valence electrons. The Labute approximate surface area is 167 Å². The van der Waals surface area contributed by atoms with Gasteiger partial charge in [0.15, 0.2) is 0 Å². The summed E-state index contributed by atoms with van der Waals surface area (Å²) in [6, 6.07) is 0. The third-order valence-electron chi connectivity index (χ3n) is 10.0. The second-order valence-electron chi connectivity index (χ2n) is 10.8. The quantitative estimate of drug-likeness (QED) is 0.599. The lowest BCUT2D eigenvalue weighted by Crippen LogP contribution is -2.67. The fourth-order valence-electron chi connectivity index (χ4n) is 8.37. The number of carbonyl (C=O) groups excluding carboxylic acids is 1. The molecule has 5 rings (SSSR count). The Hall–Kier alpha value is -0.910. The Kier molecular flexibility index (Phi) is 4.12. The van der Waals surface area contributed by atoms with Gasteiger partial charge in [0.25, 0.3) is 0 Å². The molecule has 0 spiro atoms. The zero-order chi connectivity index (χ0) is 19.9. The molecule has 4 fully saturated rings. The van der Waals surface area contributed by atoms with Crippen LogP contribution in [0.25, 0.3) is 0 Å². The molecule has 3 N–H and O–H groups in total. The fraction of sp³-hybridized carbons (Fsp3) is 0.870. The van der Waals surface area contributed by atoms with Crippen LogP contribution in [0.4, 0.5) is 0 Å².